The Bertz CT molecular complexity index is 1520. The van der Waals surface area contributed by atoms with E-state index >= 15 is 0 Å². The van der Waals surface area contributed by atoms with E-state index in [2.05, 4.69) is 0 Å². The van der Waals surface area contributed by atoms with E-state index < -0.39 is 172 Å². The van der Waals surface area contributed by atoms with Crippen molar-refractivity contribution in [3.63, 3.8) is 0 Å². The number of carboxylic acid groups (broad SMARTS) is 1. The van der Waals surface area contributed by atoms with E-state index in [1.165, 1.54) is 6.08 Å². The average molecular weight is 898 g/mol. The van der Waals surface area contributed by atoms with Crippen LogP contribution in [0.4, 0.5) is 0 Å². The predicted octanol–water partition coefficient (Wildman–Crippen LogP) is -6.06. The molecule has 6 aliphatic rings. The van der Waals surface area contributed by atoms with Crippen molar-refractivity contribution in [3.05, 3.63) is 12.2 Å². The molecular formula is C39H61O23+. The predicted molar refractivity (Wildman–Crippen MR) is 200 cm³/mol. The summed E-state index contributed by atoms with van der Waals surface area (Å²) in [5.41, 5.74) is 0. The molecule has 23 heteroatoms. The lowest BCUT2D eigenvalue weighted by atomic mass is 9.72. The normalized spacial score (nSPS) is 47.6. The number of ether oxygens (including phenoxy) is 7. The molecule has 3 heterocycles. The van der Waals surface area contributed by atoms with Crippen LogP contribution in [0.15, 0.2) is 12.2 Å². The lowest BCUT2D eigenvalue weighted by Gasteiger charge is -2.50. The Balaban J connectivity index is 1.17. The molecule has 21 atom stereocenters. The highest BCUT2D eigenvalue weighted by Gasteiger charge is 2.57. The number of carbonyl (C=O) groups excluding carboxylic acids is 2. The number of esters is 2. The first-order valence-corrected chi connectivity index (χ1v) is 21.0. The van der Waals surface area contributed by atoms with Gasteiger partial charge in [-0.3, -0.25) is 9.59 Å². The van der Waals surface area contributed by atoms with Gasteiger partial charge in [0.2, 0.25) is 0 Å². The Kier molecular flexibility index (Phi) is 16.7. The minimum absolute atomic E-state index is 0.00570. The summed E-state index contributed by atoms with van der Waals surface area (Å²) < 4.78 is 39.2. The van der Waals surface area contributed by atoms with E-state index in [0.717, 1.165) is 6.08 Å². The van der Waals surface area contributed by atoms with Gasteiger partial charge in [0.05, 0.1) is 42.5 Å². The zero-order chi connectivity index (χ0) is 45.2. The van der Waals surface area contributed by atoms with Crippen LogP contribution in [0.5, 0.6) is 0 Å². The van der Waals surface area contributed by atoms with Gasteiger partial charge in [-0.05, 0) is 44.4 Å². The van der Waals surface area contributed by atoms with Crippen LogP contribution in [0.3, 0.4) is 0 Å². The Labute approximate surface area is 354 Å². The number of rotatable bonds is 13. The molecule has 23 nitrogen and oxygen atoms in total. The molecule has 0 aromatic carbocycles. The van der Waals surface area contributed by atoms with E-state index in [1.807, 2.05) is 0 Å². The third kappa shape index (κ3) is 11.6. The number of allylic oxidation sites excluding steroid dienone is 1. The van der Waals surface area contributed by atoms with Crippen molar-refractivity contribution < 1.29 is 114 Å². The molecule has 3 saturated carbocycles. The summed E-state index contributed by atoms with van der Waals surface area (Å²) in [6.07, 6.45) is -25.3. The molecule has 6 rings (SSSR count). The average Bonchev–Trinajstić information content (AvgIpc) is 3.22. The molecule has 0 spiro atoms. The fraction of sp³-hybridized carbons (Fsp3) is 0.872. The number of carbonyl (C=O) groups is 3. The summed E-state index contributed by atoms with van der Waals surface area (Å²) in [5, 5.41) is 136. The first kappa shape index (κ1) is 48.9. The van der Waals surface area contributed by atoms with Crippen LogP contribution in [0, 0.1) is 17.8 Å². The van der Waals surface area contributed by atoms with Gasteiger partial charge in [-0.25, -0.2) is 4.79 Å². The number of carboxylic acids is 1. The monoisotopic (exact) mass is 897 g/mol. The van der Waals surface area contributed by atoms with Gasteiger partial charge in [-0.1, -0.05) is 6.08 Å². The zero-order valence-electron chi connectivity index (χ0n) is 33.6. The molecule has 0 radical (unpaired) electrons. The second-order valence-electron chi connectivity index (χ2n) is 17.4. The second-order valence-corrected chi connectivity index (χ2v) is 17.4. The second kappa shape index (κ2) is 21.2. The highest BCUT2D eigenvalue weighted by atomic mass is 16.7. The van der Waals surface area contributed by atoms with Crippen molar-refractivity contribution in [2.75, 3.05) is 13.2 Å². The largest absolute Gasteiger partial charge is 0.481 e. The van der Waals surface area contributed by atoms with Gasteiger partial charge in [0.25, 0.3) is 0 Å². The van der Waals surface area contributed by atoms with Crippen molar-refractivity contribution in [2.24, 2.45) is 17.8 Å². The van der Waals surface area contributed by atoms with Crippen LogP contribution in [0.25, 0.3) is 0 Å². The summed E-state index contributed by atoms with van der Waals surface area (Å²) in [4.78, 5) is 35.4. The first-order valence-electron chi connectivity index (χ1n) is 21.0. The lowest BCUT2D eigenvalue weighted by molar-refractivity contribution is -0.368. The number of aliphatic hydroxyl groups excluding tert-OH is 12. The van der Waals surface area contributed by atoms with Crippen molar-refractivity contribution in [2.45, 2.75) is 180 Å². The van der Waals surface area contributed by atoms with Gasteiger partial charge in [-0.2, -0.15) is 0 Å². The van der Waals surface area contributed by atoms with Crippen LogP contribution in [0.1, 0.15) is 57.8 Å². The molecule has 3 saturated heterocycles. The van der Waals surface area contributed by atoms with E-state index in [0.29, 0.717) is 12.8 Å². The van der Waals surface area contributed by atoms with Gasteiger partial charge < -0.3 is 99.5 Å². The van der Waals surface area contributed by atoms with Crippen LogP contribution in [-0.4, -0.2) is 225 Å². The Morgan fingerprint density at radius 1 is 0.597 bits per heavy atom. The molecule has 0 bridgehead atoms. The van der Waals surface area contributed by atoms with E-state index in [4.69, 9.17) is 38.3 Å². The maximum absolute atomic E-state index is 12.6. The third-order valence-corrected chi connectivity index (χ3v) is 13.0. The van der Waals surface area contributed by atoms with E-state index in [9.17, 15) is 75.7 Å². The highest BCUT2D eigenvalue weighted by Crippen LogP contribution is 2.44. The Morgan fingerprint density at radius 2 is 1.18 bits per heavy atom. The summed E-state index contributed by atoms with van der Waals surface area (Å²) in [7, 11) is 0. The fourth-order valence-corrected chi connectivity index (χ4v) is 9.49. The highest BCUT2D eigenvalue weighted by molar-refractivity contribution is 5.90. The molecule has 0 aromatic rings. The number of hydrogen-bond donors (Lipinski definition) is 13. The molecule has 3 aliphatic carbocycles. The first-order chi connectivity index (χ1) is 29.3. The maximum atomic E-state index is 12.6. The van der Waals surface area contributed by atoms with Gasteiger partial charge in [0, 0.05) is 24.8 Å². The molecule has 354 valence electrons. The number of fused-ring (bicyclic) bond motifs is 1. The zero-order valence-corrected chi connectivity index (χ0v) is 33.6. The van der Waals surface area contributed by atoms with Crippen LogP contribution in [-0.2, 0) is 42.8 Å². The molecule has 3 aliphatic heterocycles. The molecular weight excluding hydrogens is 836 g/mol. The topological polar surface area (TPSA) is 382 Å². The summed E-state index contributed by atoms with van der Waals surface area (Å²) in [6.45, 7) is -1.31. The Morgan fingerprint density at radius 3 is 1.76 bits per heavy atom. The molecule has 21 unspecified atom stereocenters. The van der Waals surface area contributed by atoms with Crippen molar-refractivity contribution in [3.8, 4) is 0 Å². The van der Waals surface area contributed by atoms with Crippen molar-refractivity contribution >= 4 is 17.9 Å². The van der Waals surface area contributed by atoms with Gasteiger partial charge in [0.1, 0.15) is 80.7 Å². The van der Waals surface area contributed by atoms with Crippen LogP contribution < -0.4 is 0 Å². The molecule has 62 heavy (non-hydrogen) atoms. The van der Waals surface area contributed by atoms with Crippen molar-refractivity contribution in [1.29, 1.82) is 0 Å². The molecule has 6 fully saturated rings. The molecule has 0 aromatic heterocycles. The minimum atomic E-state index is -1.88. The standard InChI is InChI=1S/C39H60O23/c40-16-8-22-17(23(9-16)59-38-35(54)33(52)32(51)26(61-38)13-57-29(48)11-27(45)46)10-24(37(58-22)15-6-20(43)30(49)21(44)7-15)60-39-36(55)34(53)31(50)25(62-39)12-56-28(47)4-2-14-1-3-18(41)19(42)5-14/h2,4,14-26,30-44,49-55H,1,3,5-13H2,(H,45,46)/p+1. The van der Waals surface area contributed by atoms with E-state index in [-0.39, 0.29) is 44.4 Å². The molecule has 0 amide bonds. The van der Waals surface area contributed by atoms with Crippen LogP contribution >= 0.6 is 0 Å². The summed E-state index contributed by atoms with van der Waals surface area (Å²) in [5.74, 6) is -4.99. The smallest absolute Gasteiger partial charge is 0.330 e. The van der Waals surface area contributed by atoms with E-state index in [1.54, 1.807) is 0 Å². The van der Waals surface area contributed by atoms with Crippen molar-refractivity contribution in [1.82, 2.24) is 0 Å². The summed E-state index contributed by atoms with van der Waals surface area (Å²) >= 11 is 0. The van der Waals surface area contributed by atoms with Crippen LogP contribution in [0.2, 0.25) is 0 Å². The van der Waals surface area contributed by atoms with Gasteiger partial charge in [-0.15, -0.1) is 0 Å². The quantitative estimate of drug-likeness (QED) is 0.0354. The minimum Gasteiger partial charge on any atom is -0.481 e. The third-order valence-electron chi connectivity index (χ3n) is 13.0. The maximum Gasteiger partial charge on any atom is 0.330 e. The lowest BCUT2D eigenvalue weighted by Crippen LogP contribution is -2.64. The molecule has 14 N–H and O–H groups in total. The summed E-state index contributed by atoms with van der Waals surface area (Å²) in [6, 6.07) is 0. The number of aliphatic hydroxyl groups is 14. The SMILES string of the molecule is O=C(O)CC(=O)OCC1OC(OC2CC(O)CC3[OH+]C(C4CC(O)C(O)C(O)C4)C(OC4OC(COC(=O)C=CC5CCC(O)C(O)C5)C(O)C(O)C4O)CC23)C(O)C(O)C1O. The number of hydrogen-bond acceptors (Lipinski definition) is 21. The van der Waals surface area contributed by atoms with Gasteiger partial charge in [0.15, 0.2) is 24.8 Å². The number of aliphatic carboxylic acids is 1. The Hall–Kier alpha value is -2.53. The van der Waals surface area contributed by atoms with Gasteiger partial charge >= 0.3 is 17.9 Å². The fourth-order valence-electron chi connectivity index (χ4n) is 9.49.